The molecule has 18 heavy (non-hydrogen) atoms. The number of hydrogen-bond acceptors (Lipinski definition) is 4. The first-order valence-electron chi connectivity index (χ1n) is 5.31. The summed E-state index contributed by atoms with van der Waals surface area (Å²) in [6.07, 6.45) is 0.196. The van der Waals surface area contributed by atoms with Gasteiger partial charge in [0.2, 0.25) is 5.91 Å². The van der Waals surface area contributed by atoms with E-state index in [1.54, 1.807) is 24.3 Å². The molecule has 0 unspecified atom stereocenters. The van der Waals surface area contributed by atoms with Crippen molar-refractivity contribution in [2.45, 2.75) is 6.42 Å². The zero-order valence-corrected chi connectivity index (χ0v) is 10.7. The molecule has 0 radical (unpaired) electrons. The van der Waals surface area contributed by atoms with Gasteiger partial charge in [0.25, 0.3) is 0 Å². The Bertz CT molecular complexity index is 405. The van der Waals surface area contributed by atoms with Crippen LogP contribution in [-0.2, 0) is 14.3 Å². The molecule has 0 heterocycles. The molecule has 0 fully saturated rings. The van der Waals surface area contributed by atoms with Crippen LogP contribution in [0.3, 0.4) is 0 Å². The second kappa shape index (κ2) is 7.55. The zero-order chi connectivity index (χ0) is 13.4. The van der Waals surface area contributed by atoms with Crippen LogP contribution < -0.4 is 10.1 Å². The molecule has 5 nitrogen and oxygen atoms in total. The Labute approximate surface area is 110 Å². The highest BCUT2D eigenvalue weighted by molar-refractivity contribution is 6.29. The van der Waals surface area contributed by atoms with Crippen LogP contribution >= 0.6 is 11.6 Å². The lowest BCUT2D eigenvalue weighted by Crippen LogP contribution is -2.12. The molecule has 0 saturated carbocycles. The van der Waals surface area contributed by atoms with Crippen LogP contribution in [-0.4, -0.2) is 31.5 Å². The number of benzene rings is 1. The molecule has 0 aromatic heterocycles. The Morgan fingerprint density at radius 1 is 1.28 bits per heavy atom. The van der Waals surface area contributed by atoms with E-state index >= 15 is 0 Å². The minimum Gasteiger partial charge on any atom is -0.493 e. The fraction of sp³-hybridized carbons (Fsp3) is 0.333. The number of anilines is 1. The van der Waals surface area contributed by atoms with Gasteiger partial charge in [-0.2, -0.15) is 0 Å². The summed E-state index contributed by atoms with van der Waals surface area (Å²) in [4.78, 5) is 21.9. The van der Waals surface area contributed by atoms with Crippen LogP contribution in [0, 0.1) is 0 Å². The predicted octanol–water partition coefficient (Wildman–Crippen LogP) is 1.81. The topological polar surface area (TPSA) is 64.6 Å². The maximum atomic E-state index is 11.0. The van der Waals surface area contributed by atoms with Crippen molar-refractivity contribution >= 4 is 29.2 Å². The predicted molar refractivity (Wildman–Crippen MR) is 67.9 cm³/mol. The molecule has 0 spiro atoms. The van der Waals surface area contributed by atoms with Gasteiger partial charge in [-0.1, -0.05) is 0 Å². The van der Waals surface area contributed by atoms with Gasteiger partial charge in [0.15, 0.2) is 0 Å². The van der Waals surface area contributed by atoms with Crippen LogP contribution in [0.2, 0.25) is 0 Å². The van der Waals surface area contributed by atoms with E-state index in [9.17, 15) is 9.59 Å². The highest BCUT2D eigenvalue weighted by Gasteiger charge is 2.02. The Kier molecular flexibility index (Phi) is 6.00. The normalized spacial score (nSPS) is 9.67. The van der Waals surface area contributed by atoms with Gasteiger partial charge in [-0.3, -0.25) is 9.59 Å². The van der Waals surface area contributed by atoms with Crippen LogP contribution in [0.15, 0.2) is 24.3 Å². The van der Waals surface area contributed by atoms with Crippen molar-refractivity contribution in [2.75, 3.05) is 24.9 Å². The Morgan fingerprint density at radius 3 is 2.50 bits per heavy atom. The quantitative estimate of drug-likeness (QED) is 0.633. The average molecular weight is 272 g/mol. The summed E-state index contributed by atoms with van der Waals surface area (Å²) in [5, 5.41) is 2.60. The number of ether oxygens (including phenoxy) is 2. The van der Waals surface area contributed by atoms with Crippen LogP contribution in [0.1, 0.15) is 6.42 Å². The summed E-state index contributed by atoms with van der Waals surface area (Å²) in [6.45, 7) is 0.250. The highest BCUT2D eigenvalue weighted by Crippen LogP contribution is 2.15. The average Bonchev–Trinajstić information content (AvgIpc) is 2.40. The van der Waals surface area contributed by atoms with Gasteiger partial charge in [-0.25, -0.2) is 0 Å². The van der Waals surface area contributed by atoms with E-state index in [2.05, 4.69) is 10.1 Å². The lowest BCUT2D eigenvalue weighted by atomic mass is 10.3. The number of nitrogens with one attached hydrogen (secondary N) is 1. The molecule has 1 aromatic carbocycles. The largest absolute Gasteiger partial charge is 0.493 e. The third-order valence-corrected chi connectivity index (χ3v) is 2.30. The minimum atomic E-state index is -0.319. The van der Waals surface area contributed by atoms with E-state index in [-0.39, 0.29) is 30.8 Å². The molecule has 0 aliphatic heterocycles. The summed E-state index contributed by atoms with van der Waals surface area (Å²) in [5.41, 5.74) is 0.640. The summed E-state index contributed by atoms with van der Waals surface area (Å²) in [5.74, 6) is -0.0583. The number of halogens is 1. The van der Waals surface area contributed by atoms with E-state index in [4.69, 9.17) is 16.3 Å². The van der Waals surface area contributed by atoms with E-state index in [0.29, 0.717) is 11.4 Å². The molecular formula is C12H14ClNO4. The van der Waals surface area contributed by atoms with Gasteiger partial charge in [-0.05, 0) is 24.3 Å². The van der Waals surface area contributed by atoms with Crippen molar-refractivity contribution in [3.63, 3.8) is 0 Å². The van der Waals surface area contributed by atoms with E-state index in [1.165, 1.54) is 7.11 Å². The zero-order valence-electron chi connectivity index (χ0n) is 9.94. The molecular weight excluding hydrogens is 258 g/mol. The fourth-order valence-corrected chi connectivity index (χ4v) is 1.25. The highest BCUT2D eigenvalue weighted by atomic mass is 35.5. The van der Waals surface area contributed by atoms with Gasteiger partial charge in [0.05, 0.1) is 20.1 Å². The molecule has 0 bridgehead atoms. The molecule has 0 aliphatic carbocycles. The summed E-state index contributed by atoms with van der Waals surface area (Å²) >= 11 is 5.36. The Balaban J connectivity index is 2.40. The number of rotatable bonds is 6. The maximum Gasteiger partial charge on any atom is 0.308 e. The first kappa shape index (κ1) is 14.3. The number of amides is 1. The standard InChI is InChI=1S/C12H14ClNO4/c1-17-12(16)6-7-18-10-4-2-9(3-5-10)14-11(15)8-13/h2-5H,6-8H2,1H3,(H,14,15). The van der Waals surface area contributed by atoms with Crippen LogP contribution in [0.4, 0.5) is 5.69 Å². The Morgan fingerprint density at radius 2 is 1.94 bits per heavy atom. The molecule has 98 valence electrons. The van der Waals surface area contributed by atoms with Gasteiger partial charge >= 0.3 is 5.97 Å². The minimum absolute atomic E-state index is 0.0859. The Hall–Kier alpha value is -1.75. The molecule has 0 saturated heterocycles. The second-order valence-corrected chi connectivity index (χ2v) is 3.65. The summed E-state index contributed by atoms with van der Waals surface area (Å²) < 4.78 is 9.81. The first-order valence-corrected chi connectivity index (χ1v) is 5.84. The maximum absolute atomic E-state index is 11.0. The molecule has 0 atom stereocenters. The van der Waals surface area contributed by atoms with Gasteiger partial charge in [0, 0.05) is 5.69 Å². The van der Waals surface area contributed by atoms with Gasteiger partial charge in [-0.15, -0.1) is 11.6 Å². The third-order valence-electron chi connectivity index (χ3n) is 2.06. The van der Waals surface area contributed by atoms with Crippen molar-refractivity contribution in [1.29, 1.82) is 0 Å². The van der Waals surface area contributed by atoms with Crippen molar-refractivity contribution < 1.29 is 19.1 Å². The summed E-state index contributed by atoms with van der Waals surface area (Å²) in [6, 6.07) is 6.78. The third kappa shape index (κ3) is 5.05. The molecule has 1 N–H and O–H groups in total. The van der Waals surface area contributed by atoms with Crippen molar-refractivity contribution in [3.8, 4) is 5.75 Å². The van der Waals surface area contributed by atoms with Crippen LogP contribution in [0.5, 0.6) is 5.75 Å². The molecule has 1 amide bonds. The lowest BCUT2D eigenvalue weighted by Gasteiger charge is -2.07. The molecule has 6 heteroatoms. The lowest BCUT2D eigenvalue weighted by molar-refractivity contribution is -0.141. The van der Waals surface area contributed by atoms with Gasteiger partial charge in [0.1, 0.15) is 11.6 Å². The van der Waals surface area contributed by atoms with Crippen molar-refractivity contribution in [1.82, 2.24) is 0 Å². The number of carbonyl (C=O) groups excluding carboxylic acids is 2. The number of hydrogen-bond donors (Lipinski definition) is 1. The van der Waals surface area contributed by atoms with Gasteiger partial charge < -0.3 is 14.8 Å². The molecule has 1 aromatic rings. The number of esters is 1. The van der Waals surface area contributed by atoms with E-state index < -0.39 is 0 Å². The molecule has 1 rings (SSSR count). The van der Waals surface area contributed by atoms with Crippen molar-refractivity contribution in [2.24, 2.45) is 0 Å². The van der Waals surface area contributed by atoms with E-state index in [0.717, 1.165) is 0 Å². The molecule has 0 aliphatic rings. The number of alkyl halides is 1. The van der Waals surface area contributed by atoms with Crippen LogP contribution in [0.25, 0.3) is 0 Å². The first-order chi connectivity index (χ1) is 8.65. The van der Waals surface area contributed by atoms with E-state index in [1.807, 2.05) is 0 Å². The smallest absolute Gasteiger partial charge is 0.308 e. The fourth-order valence-electron chi connectivity index (χ4n) is 1.18. The SMILES string of the molecule is COC(=O)CCOc1ccc(NC(=O)CCl)cc1. The second-order valence-electron chi connectivity index (χ2n) is 3.38. The number of carbonyl (C=O) groups is 2. The van der Waals surface area contributed by atoms with Crippen molar-refractivity contribution in [3.05, 3.63) is 24.3 Å². The number of methoxy groups -OCH3 is 1. The summed E-state index contributed by atoms with van der Waals surface area (Å²) in [7, 11) is 1.33. The monoisotopic (exact) mass is 271 g/mol.